The molecule has 0 aromatic rings. The number of nitrogens with zero attached hydrogens (tertiary/aromatic N) is 1. The predicted molar refractivity (Wildman–Crippen MR) is 95.6 cm³/mol. The second-order valence-corrected chi connectivity index (χ2v) is 11.0. The number of aliphatic hydroxyl groups excluding tert-OH is 1. The normalized spacial score (nSPS) is 34.1. The molecule has 0 radical (unpaired) electrons. The Bertz CT molecular complexity index is 867. The first kappa shape index (κ1) is 25.9. The summed E-state index contributed by atoms with van der Waals surface area (Å²) in [5, 5.41) is 12.5. The van der Waals surface area contributed by atoms with E-state index in [2.05, 4.69) is 30.7 Å². The van der Waals surface area contributed by atoms with Crippen molar-refractivity contribution in [1.82, 2.24) is 10.2 Å². The minimum Gasteiger partial charge on any atom is -0.387 e. The van der Waals surface area contributed by atoms with Crippen LogP contribution in [0.4, 0.5) is 8.78 Å². The lowest BCUT2D eigenvalue weighted by Crippen LogP contribution is -2.53. The molecule has 0 spiro atoms. The minimum atomic E-state index is -5.74. The molecule has 0 aromatic carbocycles. The van der Waals surface area contributed by atoms with Crippen LogP contribution in [-0.4, -0.2) is 71.9 Å². The van der Waals surface area contributed by atoms with Crippen LogP contribution in [0.5, 0.6) is 0 Å². The zero-order chi connectivity index (χ0) is 23.1. The Balaban J connectivity index is 2.05. The summed E-state index contributed by atoms with van der Waals surface area (Å²) in [7, 11) is -16.8. The van der Waals surface area contributed by atoms with Gasteiger partial charge in [-0.15, -0.1) is 0 Å². The predicted octanol–water partition coefficient (Wildman–Crippen LogP) is 0.145. The van der Waals surface area contributed by atoms with Crippen LogP contribution in [0.2, 0.25) is 0 Å². The minimum absolute atomic E-state index is 0.189. The third-order valence-corrected chi connectivity index (χ3v) is 7.90. The fourth-order valence-corrected chi connectivity index (χ4v) is 5.68. The molecule has 6 atom stereocenters. The third kappa shape index (κ3) is 6.56. The van der Waals surface area contributed by atoms with Crippen LogP contribution >= 0.6 is 35.7 Å². The second kappa shape index (κ2) is 8.87. The van der Waals surface area contributed by atoms with Crippen LogP contribution in [-0.2, 0) is 31.6 Å². The van der Waals surface area contributed by atoms with Gasteiger partial charge in [-0.3, -0.25) is 4.52 Å². The molecule has 6 unspecified atom stereocenters. The van der Waals surface area contributed by atoms with Crippen molar-refractivity contribution in [3.8, 4) is 0 Å². The van der Waals surface area contributed by atoms with Crippen molar-refractivity contribution in [3.05, 3.63) is 12.0 Å². The SMILES string of the molecule is CC1(F)C(O)C(COP(=O)(O)OP(=O)(O)OP(=O)(O)O)OC1N1C=C(F)C(=S)NC1. The summed E-state index contributed by atoms with van der Waals surface area (Å²) in [6, 6.07) is 0. The van der Waals surface area contributed by atoms with Gasteiger partial charge < -0.3 is 39.6 Å². The average Bonchev–Trinajstić information content (AvgIpc) is 2.75. The summed E-state index contributed by atoms with van der Waals surface area (Å²) in [5.41, 5.74) is -2.54. The molecule has 2 aliphatic heterocycles. The van der Waals surface area contributed by atoms with Gasteiger partial charge in [0.15, 0.2) is 17.7 Å². The molecule has 0 aliphatic carbocycles. The van der Waals surface area contributed by atoms with Gasteiger partial charge in [0.25, 0.3) is 0 Å². The van der Waals surface area contributed by atoms with E-state index in [0.29, 0.717) is 0 Å². The quantitative estimate of drug-likeness (QED) is 0.186. The molecule has 6 N–H and O–H groups in total. The van der Waals surface area contributed by atoms with E-state index >= 15 is 0 Å². The van der Waals surface area contributed by atoms with Crippen LogP contribution in [0.1, 0.15) is 6.92 Å². The van der Waals surface area contributed by atoms with Crippen LogP contribution < -0.4 is 5.32 Å². The molecule has 2 aliphatic rings. The first-order valence-electron chi connectivity index (χ1n) is 7.65. The Morgan fingerprint density at radius 3 is 2.43 bits per heavy atom. The number of nitrogens with one attached hydrogen (secondary N) is 1. The maximum Gasteiger partial charge on any atom is 0.490 e. The van der Waals surface area contributed by atoms with Gasteiger partial charge in [0.1, 0.15) is 17.2 Å². The van der Waals surface area contributed by atoms with Gasteiger partial charge in [0, 0.05) is 6.20 Å². The van der Waals surface area contributed by atoms with E-state index in [1.54, 1.807) is 0 Å². The van der Waals surface area contributed by atoms with Gasteiger partial charge in [-0.05, 0) is 6.92 Å². The van der Waals surface area contributed by atoms with E-state index in [4.69, 9.17) is 19.4 Å². The highest BCUT2D eigenvalue weighted by Crippen LogP contribution is 2.66. The maximum absolute atomic E-state index is 15.0. The van der Waals surface area contributed by atoms with E-state index in [1.165, 1.54) is 0 Å². The van der Waals surface area contributed by atoms with Crippen molar-refractivity contribution in [2.24, 2.45) is 0 Å². The molecule has 0 saturated carbocycles. The maximum atomic E-state index is 15.0. The molecule has 1 fully saturated rings. The Kier molecular flexibility index (Phi) is 7.65. The number of alkyl halides is 1. The summed E-state index contributed by atoms with van der Waals surface area (Å²) < 4.78 is 78.8. The van der Waals surface area contributed by atoms with E-state index in [-0.39, 0.29) is 11.7 Å². The molecule has 0 aromatic heterocycles. The molecule has 0 amide bonds. The number of thiocarbonyl (C=S) groups is 1. The molecule has 2 rings (SSSR count). The summed E-state index contributed by atoms with van der Waals surface area (Å²) in [6.45, 7) is -0.357. The first-order chi connectivity index (χ1) is 13.4. The van der Waals surface area contributed by atoms with Crippen LogP contribution in [0, 0.1) is 0 Å². The first-order valence-corrected chi connectivity index (χ1v) is 12.6. The monoisotopic (exact) mass is 520 g/mol. The van der Waals surface area contributed by atoms with Gasteiger partial charge in [-0.25, -0.2) is 22.5 Å². The highest BCUT2D eigenvalue weighted by molar-refractivity contribution is 7.80. The van der Waals surface area contributed by atoms with E-state index < -0.39 is 60.0 Å². The van der Waals surface area contributed by atoms with Gasteiger partial charge in [-0.1, -0.05) is 12.2 Å². The number of aliphatic hydroxyl groups is 1. The van der Waals surface area contributed by atoms with Crippen molar-refractivity contribution in [1.29, 1.82) is 0 Å². The van der Waals surface area contributed by atoms with E-state index in [0.717, 1.165) is 18.0 Å². The van der Waals surface area contributed by atoms with Gasteiger partial charge in [0.05, 0.1) is 13.3 Å². The molecular weight excluding hydrogens is 503 g/mol. The summed E-state index contributed by atoms with van der Waals surface area (Å²) in [6.07, 6.45) is -4.37. The fourth-order valence-electron chi connectivity index (χ4n) is 2.53. The topological polar surface area (TPSA) is 205 Å². The molecule has 1 saturated heterocycles. The number of rotatable bonds is 8. The summed E-state index contributed by atoms with van der Waals surface area (Å²) in [4.78, 5) is 36.2. The van der Waals surface area contributed by atoms with Crippen molar-refractivity contribution in [2.45, 2.75) is 31.0 Å². The molecule has 174 valence electrons. The van der Waals surface area contributed by atoms with Gasteiger partial charge in [0.2, 0.25) is 0 Å². The molecular formula is C10H17F2N2O12P3S. The largest absolute Gasteiger partial charge is 0.490 e. The van der Waals surface area contributed by atoms with E-state index in [1.807, 2.05) is 0 Å². The number of phosphoric acid groups is 3. The van der Waals surface area contributed by atoms with Crippen molar-refractivity contribution < 1.29 is 65.0 Å². The molecule has 20 heteroatoms. The van der Waals surface area contributed by atoms with Crippen LogP contribution in [0.3, 0.4) is 0 Å². The Labute approximate surface area is 172 Å². The fraction of sp³-hybridized carbons (Fsp3) is 0.700. The average molecular weight is 520 g/mol. The standard InChI is InChI=1S/C10H17F2N2O12P3S/c1-10(12)7(15)6(24-9(10)14-2-5(11)8(30)13-4-14)3-23-28(19,20)26-29(21,22)25-27(16,17)18/h2,6-7,9,15H,3-4H2,1H3,(H,13,30)(H,19,20)(H,21,22)(H2,16,17,18). The molecule has 2 heterocycles. The Hall–Kier alpha value is -0.380. The Morgan fingerprint density at radius 2 is 1.90 bits per heavy atom. The number of hydrogen-bond acceptors (Lipinski definition) is 10. The molecule has 0 bridgehead atoms. The summed E-state index contributed by atoms with van der Waals surface area (Å²) >= 11 is 4.66. The lowest BCUT2D eigenvalue weighted by Gasteiger charge is -2.35. The smallest absolute Gasteiger partial charge is 0.387 e. The zero-order valence-electron chi connectivity index (χ0n) is 14.8. The van der Waals surface area contributed by atoms with Crippen molar-refractivity contribution in [3.63, 3.8) is 0 Å². The zero-order valence-corrected chi connectivity index (χ0v) is 18.3. The van der Waals surface area contributed by atoms with Gasteiger partial charge in [-0.2, -0.15) is 8.62 Å². The number of hydrogen-bond donors (Lipinski definition) is 6. The van der Waals surface area contributed by atoms with Gasteiger partial charge >= 0.3 is 23.5 Å². The summed E-state index contributed by atoms with van der Waals surface area (Å²) in [5.74, 6) is -0.901. The number of halogens is 2. The van der Waals surface area contributed by atoms with E-state index in [9.17, 15) is 32.5 Å². The third-order valence-electron chi connectivity index (χ3n) is 3.75. The molecule has 30 heavy (non-hydrogen) atoms. The highest BCUT2D eigenvalue weighted by atomic mass is 32.1. The molecule has 14 nitrogen and oxygen atoms in total. The van der Waals surface area contributed by atoms with Crippen LogP contribution in [0.15, 0.2) is 12.0 Å². The number of phosphoric ester groups is 1. The number of ether oxygens (including phenoxy) is 1. The Morgan fingerprint density at radius 1 is 1.30 bits per heavy atom. The van der Waals surface area contributed by atoms with Crippen LogP contribution in [0.25, 0.3) is 0 Å². The lowest BCUT2D eigenvalue weighted by atomic mass is 9.98. The van der Waals surface area contributed by atoms with Crippen molar-refractivity contribution >= 4 is 40.7 Å². The second-order valence-electron chi connectivity index (χ2n) is 6.16. The van der Waals surface area contributed by atoms with Crippen molar-refractivity contribution in [2.75, 3.05) is 13.3 Å². The lowest BCUT2D eigenvalue weighted by molar-refractivity contribution is -0.0892. The highest BCUT2D eigenvalue weighted by Gasteiger charge is 2.57.